The first-order valence-corrected chi connectivity index (χ1v) is 5.92. The van der Waals surface area contributed by atoms with Crippen LogP contribution in [0.4, 0.5) is 0 Å². The number of aromatic nitrogens is 2. The smallest absolute Gasteiger partial charge is 0.219 e. The molecule has 0 aromatic carbocycles. The number of nitrogens with one attached hydrogen (secondary N) is 1. The molecule has 92 valence electrons. The average Bonchev–Trinajstić information content (AvgIpc) is 2.46. The second-order valence-electron chi connectivity index (χ2n) is 3.88. The van der Waals surface area contributed by atoms with Crippen molar-refractivity contribution in [3.63, 3.8) is 0 Å². The lowest BCUT2D eigenvalue weighted by Gasteiger charge is -2.09. The third-order valence-electron chi connectivity index (χ3n) is 2.64. The number of amides is 1. The lowest BCUT2D eigenvalue weighted by Crippen LogP contribution is -2.21. The fraction of sp³-hybridized carbons (Fsp3) is 0.214. The first-order chi connectivity index (χ1) is 8.81. The van der Waals surface area contributed by atoms with Crippen molar-refractivity contribution in [1.29, 1.82) is 0 Å². The van der Waals surface area contributed by atoms with E-state index in [0.29, 0.717) is 13.0 Å². The van der Waals surface area contributed by atoms with Gasteiger partial charge in [0.25, 0.3) is 0 Å². The lowest BCUT2D eigenvalue weighted by atomic mass is 10.1. The minimum Gasteiger partial charge on any atom is -0.352 e. The van der Waals surface area contributed by atoms with Crippen molar-refractivity contribution < 1.29 is 4.79 Å². The minimum absolute atomic E-state index is 0.0412. The van der Waals surface area contributed by atoms with Gasteiger partial charge in [-0.2, -0.15) is 0 Å². The van der Waals surface area contributed by atoms with Crippen molar-refractivity contribution in [2.75, 3.05) is 0 Å². The maximum Gasteiger partial charge on any atom is 0.219 e. The summed E-state index contributed by atoms with van der Waals surface area (Å²) in [7, 11) is 0. The van der Waals surface area contributed by atoms with Gasteiger partial charge in [-0.3, -0.25) is 14.8 Å². The number of carbonyl (C=O) groups is 1. The van der Waals surface area contributed by atoms with Crippen LogP contribution in [0.2, 0.25) is 0 Å². The highest BCUT2D eigenvalue weighted by Gasteiger charge is 2.06. The molecule has 0 spiro atoms. The maximum atomic E-state index is 11.3. The number of hydrogen-bond acceptors (Lipinski definition) is 3. The molecule has 1 amide bonds. The zero-order valence-electron chi connectivity index (χ0n) is 10.3. The Bertz CT molecular complexity index is 526. The maximum absolute atomic E-state index is 11.3. The average molecular weight is 241 g/mol. The van der Waals surface area contributed by atoms with Gasteiger partial charge in [0.1, 0.15) is 0 Å². The first kappa shape index (κ1) is 12.2. The fourth-order valence-electron chi connectivity index (χ4n) is 1.67. The Balaban J connectivity index is 2.24. The molecule has 0 aliphatic heterocycles. The Labute approximate surface area is 106 Å². The van der Waals surface area contributed by atoms with Gasteiger partial charge >= 0.3 is 0 Å². The molecule has 2 rings (SSSR count). The summed E-state index contributed by atoms with van der Waals surface area (Å²) in [6, 6.07) is 7.66. The second-order valence-corrected chi connectivity index (χ2v) is 3.88. The lowest BCUT2D eigenvalue weighted by molar-refractivity contribution is -0.120. The normalized spacial score (nSPS) is 10.1. The Morgan fingerprint density at radius 3 is 2.72 bits per heavy atom. The molecule has 18 heavy (non-hydrogen) atoms. The molecule has 0 saturated carbocycles. The van der Waals surface area contributed by atoms with Crippen molar-refractivity contribution in [3.8, 4) is 11.3 Å². The van der Waals surface area contributed by atoms with E-state index in [1.807, 2.05) is 31.2 Å². The van der Waals surface area contributed by atoms with E-state index in [1.165, 1.54) is 0 Å². The molecule has 4 heteroatoms. The molecular formula is C14H15N3O. The predicted molar refractivity (Wildman–Crippen MR) is 69.6 cm³/mol. The van der Waals surface area contributed by atoms with Crippen LogP contribution in [0.3, 0.4) is 0 Å². The first-order valence-electron chi connectivity index (χ1n) is 5.92. The summed E-state index contributed by atoms with van der Waals surface area (Å²) in [5, 5.41) is 2.86. The molecule has 0 radical (unpaired) electrons. The van der Waals surface area contributed by atoms with Crippen molar-refractivity contribution in [2.24, 2.45) is 0 Å². The van der Waals surface area contributed by atoms with Gasteiger partial charge in [-0.15, -0.1) is 0 Å². The zero-order chi connectivity index (χ0) is 12.8. The standard InChI is InChI=1S/C14H15N3O/c1-2-13(18)17-10-12-4-3-7-16-14(12)11-5-8-15-9-6-11/h3-9H,2,10H2,1H3,(H,17,18). The third-order valence-corrected chi connectivity index (χ3v) is 2.64. The van der Waals surface area contributed by atoms with Crippen LogP contribution in [0.1, 0.15) is 18.9 Å². The zero-order valence-corrected chi connectivity index (χ0v) is 10.3. The largest absolute Gasteiger partial charge is 0.352 e. The SMILES string of the molecule is CCC(=O)NCc1cccnc1-c1ccncc1. The molecular weight excluding hydrogens is 226 g/mol. The van der Waals surface area contributed by atoms with Crippen molar-refractivity contribution in [1.82, 2.24) is 15.3 Å². The summed E-state index contributed by atoms with van der Waals surface area (Å²) in [4.78, 5) is 19.7. The summed E-state index contributed by atoms with van der Waals surface area (Å²) in [6.07, 6.45) is 5.71. The molecule has 0 saturated heterocycles. The molecule has 0 atom stereocenters. The van der Waals surface area contributed by atoms with Crippen LogP contribution in [0, 0.1) is 0 Å². The van der Waals surface area contributed by atoms with Crippen LogP contribution in [-0.4, -0.2) is 15.9 Å². The van der Waals surface area contributed by atoms with Gasteiger partial charge in [0.15, 0.2) is 0 Å². The van der Waals surface area contributed by atoms with E-state index in [1.54, 1.807) is 18.6 Å². The molecule has 0 aliphatic carbocycles. The van der Waals surface area contributed by atoms with Crippen LogP contribution in [0.25, 0.3) is 11.3 Å². The Morgan fingerprint density at radius 1 is 1.22 bits per heavy atom. The Hall–Kier alpha value is -2.23. The minimum atomic E-state index is 0.0412. The second kappa shape index (κ2) is 5.91. The summed E-state index contributed by atoms with van der Waals surface area (Å²) in [5.74, 6) is 0.0412. The molecule has 0 fully saturated rings. The van der Waals surface area contributed by atoms with Crippen LogP contribution in [-0.2, 0) is 11.3 Å². The predicted octanol–water partition coefficient (Wildman–Crippen LogP) is 2.17. The molecule has 0 bridgehead atoms. The number of pyridine rings is 2. The van der Waals surface area contributed by atoms with Gasteiger partial charge in [0.05, 0.1) is 5.69 Å². The van der Waals surface area contributed by atoms with Crippen LogP contribution >= 0.6 is 0 Å². The van der Waals surface area contributed by atoms with E-state index in [2.05, 4.69) is 15.3 Å². The monoisotopic (exact) mass is 241 g/mol. The highest BCUT2D eigenvalue weighted by Crippen LogP contribution is 2.19. The van der Waals surface area contributed by atoms with Gasteiger partial charge in [0.2, 0.25) is 5.91 Å². The van der Waals surface area contributed by atoms with Crippen LogP contribution in [0.15, 0.2) is 42.9 Å². The molecule has 2 aromatic rings. The quantitative estimate of drug-likeness (QED) is 0.892. The fourth-order valence-corrected chi connectivity index (χ4v) is 1.67. The Kier molecular flexibility index (Phi) is 4.02. The number of rotatable bonds is 4. The molecule has 0 aliphatic rings. The summed E-state index contributed by atoms with van der Waals surface area (Å²) in [5.41, 5.74) is 2.90. The summed E-state index contributed by atoms with van der Waals surface area (Å²) in [6.45, 7) is 2.33. The van der Waals surface area contributed by atoms with Crippen molar-refractivity contribution >= 4 is 5.91 Å². The molecule has 2 heterocycles. The van der Waals surface area contributed by atoms with E-state index >= 15 is 0 Å². The van der Waals surface area contributed by atoms with E-state index < -0.39 is 0 Å². The molecule has 4 nitrogen and oxygen atoms in total. The number of hydrogen-bond donors (Lipinski definition) is 1. The van der Waals surface area contributed by atoms with E-state index in [9.17, 15) is 4.79 Å². The van der Waals surface area contributed by atoms with Gasteiger partial charge in [0, 0.05) is 37.1 Å². The van der Waals surface area contributed by atoms with Gasteiger partial charge in [-0.25, -0.2) is 0 Å². The topological polar surface area (TPSA) is 54.9 Å². The van der Waals surface area contributed by atoms with E-state index in [0.717, 1.165) is 16.8 Å². The summed E-state index contributed by atoms with van der Waals surface area (Å²) >= 11 is 0. The third kappa shape index (κ3) is 2.91. The highest BCUT2D eigenvalue weighted by atomic mass is 16.1. The van der Waals surface area contributed by atoms with E-state index in [4.69, 9.17) is 0 Å². The van der Waals surface area contributed by atoms with Crippen LogP contribution < -0.4 is 5.32 Å². The van der Waals surface area contributed by atoms with Gasteiger partial charge in [-0.1, -0.05) is 13.0 Å². The molecule has 0 unspecified atom stereocenters. The van der Waals surface area contributed by atoms with Gasteiger partial charge in [-0.05, 0) is 23.8 Å². The summed E-state index contributed by atoms with van der Waals surface area (Å²) < 4.78 is 0. The highest BCUT2D eigenvalue weighted by molar-refractivity contribution is 5.75. The number of carbonyl (C=O) groups excluding carboxylic acids is 1. The molecule has 1 N–H and O–H groups in total. The van der Waals surface area contributed by atoms with Gasteiger partial charge < -0.3 is 5.32 Å². The van der Waals surface area contributed by atoms with Crippen LogP contribution in [0.5, 0.6) is 0 Å². The van der Waals surface area contributed by atoms with E-state index in [-0.39, 0.29) is 5.91 Å². The Morgan fingerprint density at radius 2 is 2.00 bits per heavy atom. The molecule has 2 aromatic heterocycles. The number of nitrogens with zero attached hydrogens (tertiary/aromatic N) is 2. The van der Waals surface area contributed by atoms with Crippen molar-refractivity contribution in [3.05, 3.63) is 48.4 Å². The van der Waals surface area contributed by atoms with Crippen molar-refractivity contribution in [2.45, 2.75) is 19.9 Å².